The maximum Gasteiger partial charge on any atom is 0.238 e. The largest absolute Gasteiger partial charge is 0.342 e. The van der Waals surface area contributed by atoms with E-state index in [9.17, 15) is 9.59 Å². The van der Waals surface area contributed by atoms with Gasteiger partial charge in [-0.15, -0.1) is 0 Å². The number of nitrogens with one attached hydrogen (secondary N) is 1. The highest BCUT2D eigenvalue weighted by Gasteiger charge is 2.23. The number of likely N-dealkylation sites (tertiary alicyclic amines) is 1. The van der Waals surface area contributed by atoms with Crippen LogP contribution in [-0.2, 0) is 9.59 Å². The van der Waals surface area contributed by atoms with Crippen LogP contribution in [0.25, 0.3) is 0 Å². The van der Waals surface area contributed by atoms with Crippen LogP contribution in [0.5, 0.6) is 0 Å². The first-order valence-electron chi connectivity index (χ1n) is 9.88. The van der Waals surface area contributed by atoms with Gasteiger partial charge in [-0.1, -0.05) is 28.8 Å². The number of amides is 2. The Balaban J connectivity index is 1.37. The smallest absolute Gasteiger partial charge is 0.238 e. The lowest BCUT2D eigenvalue weighted by Crippen LogP contribution is -2.51. The fraction of sp³-hybridized carbons (Fsp3) is 0.600. The number of hydrogen-bond acceptors (Lipinski definition) is 4. The Kier molecular flexibility index (Phi) is 7.67. The van der Waals surface area contributed by atoms with E-state index >= 15 is 0 Å². The molecule has 0 unspecified atom stereocenters. The normalized spacial score (nSPS) is 19.5. The molecule has 6 nitrogen and oxygen atoms in total. The van der Waals surface area contributed by atoms with Gasteiger partial charge in [-0.2, -0.15) is 0 Å². The highest BCUT2D eigenvalue weighted by Crippen LogP contribution is 2.14. The zero-order valence-electron chi connectivity index (χ0n) is 15.8. The number of rotatable bonds is 5. The van der Waals surface area contributed by atoms with Gasteiger partial charge in [0, 0.05) is 49.4 Å². The Labute approximate surface area is 170 Å². The van der Waals surface area contributed by atoms with Crippen LogP contribution in [0.4, 0.5) is 5.69 Å². The number of piperazine rings is 1. The molecule has 1 aromatic carbocycles. The number of anilines is 1. The molecule has 2 aliphatic rings. The van der Waals surface area contributed by atoms with Crippen LogP contribution < -0.4 is 5.32 Å². The zero-order valence-corrected chi connectivity index (χ0v) is 17.4. The number of carbonyl (C=O) groups excluding carboxylic acids is 2. The molecule has 2 fully saturated rings. The summed E-state index contributed by atoms with van der Waals surface area (Å²) in [5.74, 6) is 0.268. The fourth-order valence-corrected chi connectivity index (χ4v) is 3.92. The van der Waals surface area contributed by atoms with Crippen LogP contribution in [0.2, 0.25) is 0 Å². The van der Waals surface area contributed by atoms with Crippen LogP contribution in [-0.4, -0.2) is 78.9 Å². The number of halogens is 1. The van der Waals surface area contributed by atoms with Gasteiger partial charge in [0.05, 0.1) is 13.1 Å². The maximum absolute atomic E-state index is 12.5. The summed E-state index contributed by atoms with van der Waals surface area (Å²) in [6, 6.07) is 7.59. The van der Waals surface area contributed by atoms with Crippen molar-refractivity contribution in [2.24, 2.45) is 0 Å². The average molecular weight is 437 g/mol. The van der Waals surface area contributed by atoms with Gasteiger partial charge in [-0.3, -0.25) is 19.4 Å². The second kappa shape index (κ2) is 10.2. The zero-order chi connectivity index (χ0) is 19.1. The van der Waals surface area contributed by atoms with E-state index in [2.05, 4.69) is 31.0 Å². The van der Waals surface area contributed by atoms with Crippen LogP contribution in [0.15, 0.2) is 28.7 Å². The molecule has 0 bridgehead atoms. The topological polar surface area (TPSA) is 55.9 Å². The predicted octanol–water partition coefficient (Wildman–Crippen LogP) is 2.41. The first-order chi connectivity index (χ1) is 13.1. The van der Waals surface area contributed by atoms with E-state index in [-0.39, 0.29) is 11.8 Å². The molecular weight excluding hydrogens is 408 g/mol. The van der Waals surface area contributed by atoms with E-state index in [1.54, 1.807) is 0 Å². The van der Waals surface area contributed by atoms with Gasteiger partial charge in [-0.05, 0) is 37.1 Å². The number of hydrogen-bond donors (Lipinski definition) is 1. The third kappa shape index (κ3) is 6.59. The van der Waals surface area contributed by atoms with Crippen LogP contribution >= 0.6 is 15.9 Å². The Bertz CT molecular complexity index is 621. The monoisotopic (exact) mass is 436 g/mol. The molecule has 0 aliphatic carbocycles. The lowest BCUT2D eigenvalue weighted by molar-refractivity contribution is -0.133. The Morgan fingerprint density at radius 2 is 1.37 bits per heavy atom. The summed E-state index contributed by atoms with van der Waals surface area (Å²) in [4.78, 5) is 31.1. The summed E-state index contributed by atoms with van der Waals surface area (Å²) in [7, 11) is 0. The van der Waals surface area contributed by atoms with Crippen molar-refractivity contribution >= 4 is 33.4 Å². The number of nitrogens with zero attached hydrogens (tertiary/aromatic N) is 3. The van der Waals surface area contributed by atoms with Crippen LogP contribution in [0, 0.1) is 0 Å². The lowest BCUT2D eigenvalue weighted by atomic mass is 10.2. The molecule has 2 heterocycles. The number of benzene rings is 1. The minimum absolute atomic E-state index is 0.00594. The Morgan fingerprint density at radius 1 is 0.815 bits per heavy atom. The quantitative estimate of drug-likeness (QED) is 0.769. The van der Waals surface area contributed by atoms with Crippen LogP contribution in [0.3, 0.4) is 0 Å². The van der Waals surface area contributed by atoms with Crippen molar-refractivity contribution in [1.29, 1.82) is 0 Å². The van der Waals surface area contributed by atoms with Crippen molar-refractivity contribution in [2.75, 3.05) is 57.7 Å². The standard InChI is InChI=1S/C20H29BrN4O2/c21-17-5-7-18(8-6-17)22-19(26)15-23-11-13-24(14-12-23)16-20(27)25-9-3-1-2-4-10-25/h5-8H,1-4,9-16H2,(H,22,26). The van der Waals surface area contributed by atoms with Crippen molar-refractivity contribution in [1.82, 2.24) is 14.7 Å². The van der Waals surface area contributed by atoms with E-state index in [0.29, 0.717) is 13.1 Å². The molecule has 1 N–H and O–H groups in total. The summed E-state index contributed by atoms with van der Waals surface area (Å²) in [6.07, 6.45) is 4.75. The average Bonchev–Trinajstić information content (AvgIpc) is 2.95. The maximum atomic E-state index is 12.5. The Hall–Kier alpha value is -1.44. The Morgan fingerprint density at radius 3 is 1.96 bits per heavy atom. The second-order valence-corrected chi connectivity index (χ2v) is 8.32. The van der Waals surface area contributed by atoms with E-state index in [4.69, 9.17) is 0 Å². The van der Waals surface area contributed by atoms with Crippen molar-refractivity contribution in [3.8, 4) is 0 Å². The van der Waals surface area contributed by atoms with Crippen molar-refractivity contribution in [3.63, 3.8) is 0 Å². The highest BCUT2D eigenvalue weighted by molar-refractivity contribution is 9.10. The van der Waals surface area contributed by atoms with E-state index in [0.717, 1.165) is 62.3 Å². The molecule has 2 aliphatic heterocycles. The van der Waals surface area contributed by atoms with E-state index in [1.165, 1.54) is 12.8 Å². The molecule has 0 atom stereocenters. The molecular formula is C20H29BrN4O2. The molecule has 27 heavy (non-hydrogen) atoms. The summed E-state index contributed by atoms with van der Waals surface area (Å²) in [5.41, 5.74) is 0.810. The summed E-state index contributed by atoms with van der Waals surface area (Å²) in [5, 5.41) is 2.93. The third-order valence-corrected chi connectivity index (χ3v) is 5.81. The molecule has 0 saturated carbocycles. The molecule has 0 spiro atoms. The SMILES string of the molecule is O=C(CN1CCN(CC(=O)N2CCCCCC2)CC1)Nc1ccc(Br)cc1. The first-order valence-corrected chi connectivity index (χ1v) is 10.7. The van der Waals surface area contributed by atoms with Gasteiger partial charge >= 0.3 is 0 Å². The first kappa shape index (κ1) is 20.3. The van der Waals surface area contributed by atoms with Crippen molar-refractivity contribution in [2.45, 2.75) is 25.7 Å². The fourth-order valence-electron chi connectivity index (χ4n) is 3.65. The van der Waals surface area contributed by atoms with Gasteiger partial charge < -0.3 is 10.2 Å². The summed E-state index contributed by atoms with van der Waals surface area (Å²) in [6.45, 7) is 6.05. The molecule has 2 amide bonds. The van der Waals surface area contributed by atoms with Crippen molar-refractivity contribution in [3.05, 3.63) is 28.7 Å². The van der Waals surface area contributed by atoms with Gasteiger partial charge in [0.15, 0.2) is 0 Å². The lowest BCUT2D eigenvalue weighted by Gasteiger charge is -2.35. The molecule has 2 saturated heterocycles. The predicted molar refractivity (Wildman–Crippen MR) is 111 cm³/mol. The van der Waals surface area contributed by atoms with E-state index in [1.807, 2.05) is 29.2 Å². The molecule has 1 aromatic rings. The molecule has 148 valence electrons. The van der Waals surface area contributed by atoms with Crippen molar-refractivity contribution < 1.29 is 9.59 Å². The summed E-state index contributed by atoms with van der Waals surface area (Å²) < 4.78 is 0.992. The minimum atomic E-state index is 0.00594. The van der Waals surface area contributed by atoms with Gasteiger partial charge in [0.2, 0.25) is 11.8 Å². The second-order valence-electron chi connectivity index (χ2n) is 7.40. The third-order valence-electron chi connectivity index (χ3n) is 5.28. The van der Waals surface area contributed by atoms with Crippen LogP contribution in [0.1, 0.15) is 25.7 Å². The molecule has 0 aromatic heterocycles. The van der Waals surface area contributed by atoms with Gasteiger partial charge in [-0.25, -0.2) is 0 Å². The number of carbonyl (C=O) groups is 2. The highest BCUT2D eigenvalue weighted by atomic mass is 79.9. The molecule has 0 radical (unpaired) electrons. The molecule has 7 heteroatoms. The summed E-state index contributed by atoms with van der Waals surface area (Å²) >= 11 is 3.39. The minimum Gasteiger partial charge on any atom is -0.342 e. The van der Waals surface area contributed by atoms with Gasteiger partial charge in [0.1, 0.15) is 0 Å². The molecule has 3 rings (SSSR count). The van der Waals surface area contributed by atoms with Gasteiger partial charge in [0.25, 0.3) is 0 Å². The van der Waals surface area contributed by atoms with E-state index < -0.39 is 0 Å².